The molecule has 0 bridgehead atoms. The van der Waals surface area contributed by atoms with Gasteiger partial charge in [0.15, 0.2) is 17.2 Å². The Morgan fingerprint density at radius 1 is 0.943 bits per heavy atom. The lowest BCUT2D eigenvalue weighted by Gasteiger charge is -2.50. The molecule has 1 atom stereocenters. The normalized spacial score (nSPS) is 24.9. The highest BCUT2D eigenvalue weighted by Crippen LogP contribution is 2.53. The molecule has 0 radical (unpaired) electrons. The zero-order chi connectivity index (χ0) is 24.0. The van der Waals surface area contributed by atoms with E-state index >= 15 is 0 Å². The number of hydrogen-bond donors (Lipinski definition) is 0. The molecule has 5 nitrogen and oxygen atoms in total. The molecule has 1 saturated carbocycles. The van der Waals surface area contributed by atoms with E-state index in [1.165, 1.54) is 11.1 Å². The molecule has 1 fully saturated rings. The van der Waals surface area contributed by atoms with Crippen molar-refractivity contribution in [2.75, 3.05) is 14.2 Å². The SMILES string of the molecule is COc1ccc(C2=NN3C(C2)c2cc(Br)ccc2OC32CCC(c3ccccc3)CC2)cc1OC. The zero-order valence-corrected chi connectivity index (χ0v) is 21.6. The average molecular weight is 533 g/mol. The highest BCUT2D eigenvalue weighted by molar-refractivity contribution is 9.10. The molecule has 0 N–H and O–H groups in total. The van der Waals surface area contributed by atoms with E-state index < -0.39 is 5.72 Å². The molecule has 1 aliphatic carbocycles. The molecule has 180 valence electrons. The van der Waals surface area contributed by atoms with Gasteiger partial charge in [0, 0.05) is 34.9 Å². The van der Waals surface area contributed by atoms with Gasteiger partial charge in [0.25, 0.3) is 0 Å². The molecule has 3 aliphatic rings. The summed E-state index contributed by atoms with van der Waals surface area (Å²) in [5, 5.41) is 7.50. The Hall–Kier alpha value is -2.99. The van der Waals surface area contributed by atoms with Crippen molar-refractivity contribution in [2.24, 2.45) is 5.10 Å². The maximum Gasteiger partial charge on any atom is 0.198 e. The van der Waals surface area contributed by atoms with Gasteiger partial charge in [-0.3, -0.25) is 0 Å². The molecular formula is C29H29BrN2O3. The number of hydrogen-bond acceptors (Lipinski definition) is 5. The number of rotatable bonds is 4. The molecule has 6 rings (SSSR count). The van der Waals surface area contributed by atoms with E-state index in [0.717, 1.165) is 65.1 Å². The van der Waals surface area contributed by atoms with Gasteiger partial charge in [0.2, 0.25) is 0 Å². The van der Waals surface area contributed by atoms with Crippen molar-refractivity contribution in [3.8, 4) is 17.2 Å². The van der Waals surface area contributed by atoms with E-state index in [1.807, 2.05) is 12.1 Å². The van der Waals surface area contributed by atoms with Crippen LogP contribution in [-0.2, 0) is 0 Å². The fourth-order valence-electron chi connectivity index (χ4n) is 5.90. The molecule has 2 aliphatic heterocycles. The molecule has 0 amide bonds. The number of ether oxygens (including phenoxy) is 3. The minimum atomic E-state index is -0.422. The maximum atomic E-state index is 6.83. The van der Waals surface area contributed by atoms with Crippen LogP contribution >= 0.6 is 15.9 Å². The van der Waals surface area contributed by atoms with Gasteiger partial charge in [0.1, 0.15) is 5.75 Å². The topological polar surface area (TPSA) is 43.3 Å². The molecule has 3 aromatic carbocycles. The van der Waals surface area contributed by atoms with Crippen molar-refractivity contribution >= 4 is 21.6 Å². The number of halogens is 1. The number of hydrazone groups is 1. The highest BCUT2D eigenvalue weighted by Gasteiger charge is 2.52. The third kappa shape index (κ3) is 3.88. The van der Waals surface area contributed by atoms with Crippen molar-refractivity contribution in [3.63, 3.8) is 0 Å². The van der Waals surface area contributed by atoms with E-state index in [4.69, 9.17) is 19.3 Å². The Morgan fingerprint density at radius 3 is 2.46 bits per heavy atom. The smallest absolute Gasteiger partial charge is 0.198 e. The molecule has 3 aromatic rings. The Morgan fingerprint density at radius 2 is 1.71 bits per heavy atom. The number of fused-ring (bicyclic) bond motifs is 4. The van der Waals surface area contributed by atoms with E-state index in [-0.39, 0.29) is 6.04 Å². The van der Waals surface area contributed by atoms with Gasteiger partial charge in [-0.25, -0.2) is 5.01 Å². The lowest BCUT2D eigenvalue weighted by Crippen LogP contribution is -2.55. The van der Waals surface area contributed by atoms with Gasteiger partial charge in [-0.15, -0.1) is 0 Å². The van der Waals surface area contributed by atoms with E-state index in [0.29, 0.717) is 5.92 Å². The second kappa shape index (κ2) is 8.90. The minimum absolute atomic E-state index is 0.146. The van der Waals surface area contributed by atoms with Crippen LogP contribution in [0.3, 0.4) is 0 Å². The van der Waals surface area contributed by atoms with E-state index in [2.05, 4.69) is 75.5 Å². The summed E-state index contributed by atoms with van der Waals surface area (Å²) < 4.78 is 18.9. The number of benzene rings is 3. The van der Waals surface area contributed by atoms with Crippen LogP contribution in [0.1, 0.15) is 60.8 Å². The lowest BCUT2D eigenvalue weighted by atomic mass is 9.78. The van der Waals surface area contributed by atoms with Crippen molar-refractivity contribution in [2.45, 2.75) is 49.8 Å². The fourth-order valence-corrected chi connectivity index (χ4v) is 6.28. The van der Waals surface area contributed by atoms with Gasteiger partial charge in [-0.1, -0.05) is 46.3 Å². The summed E-state index contributed by atoms with van der Waals surface area (Å²) in [5.41, 5.74) is 4.30. The van der Waals surface area contributed by atoms with Crippen LogP contribution < -0.4 is 14.2 Å². The van der Waals surface area contributed by atoms with Crippen molar-refractivity contribution < 1.29 is 14.2 Å². The highest BCUT2D eigenvalue weighted by atomic mass is 79.9. The lowest BCUT2D eigenvalue weighted by molar-refractivity contribution is -0.142. The van der Waals surface area contributed by atoms with Crippen LogP contribution in [0.15, 0.2) is 76.3 Å². The molecule has 0 saturated heterocycles. The Labute approximate surface area is 214 Å². The second-order valence-electron chi connectivity index (χ2n) is 9.60. The first-order valence-electron chi connectivity index (χ1n) is 12.2. The average Bonchev–Trinajstić information content (AvgIpc) is 3.37. The summed E-state index contributed by atoms with van der Waals surface area (Å²) in [6.45, 7) is 0. The van der Waals surface area contributed by atoms with Gasteiger partial charge >= 0.3 is 0 Å². The first-order valence-corrected chi connectivity index (χ1v) is 13.0. The van der Waals surface area contributed by atoms with Crippen molar-refractivity contribution in [1.82, 2.24) is 5.01 Å². The van der Waals surface area contributed by atoms with Gasteiger partial charge in [0.05, 0.1) is 26.0 Å². The number of methoxy groups -OCH3 is 2. The largest absolute Gasteiger partial charge is 0.493 e. The summed E-state index contributed by atoms with van der Waals surface area (Å²) in [4.78, 5) is 0. The molecule has 6 heteroatoms. The summed E-state index contributed by atoms with van der Waals surface area (Å²) in [6, 6.07) is 23.4. The van der Waals surface area contributed by atoms with Gasteiger partial charge in [-0.2, -0.15) is 5.10 Å². The molecule has 0 aromatic heterocycles. The van der Waals surface area contributed by atoms with Crippen LogP contribution in [0.5, 0.6) is 17.2 Å². The zero-order valence-electron chi connectivity index (χ0n) is 20.0. The number of nitrogens with zero attached hydrogens (tertiary/aromatic N) is 2. The first-order chi connectivity index (χ1) is 17.1. The van der Waals surface area contributed by atoms with Gasteiger partial charge < -0.3 is 14.2 Å². The van der Waals surface area contributed by atoms with Crippen LogP contribution in [0, 0.1) is 0 Å². The monoisotopic (exact) mass is 532 g/mol. The summed E-state index contributed by atoms with van der Waals surface area (Å²) in [6.07, 6.45) is 4.88. The quantitative estimate of drug-likeness (QED) is 0.360. The summed E-state index contributed by atoms with van der Waals surface area (Å²) >= 11 is 3.66. The molecule has 35 heavy (non-hydrogen) atoms. The Kier molecular flexibility index (Phi) is 5.72. The Bertz CT molecular complexity index is 1270. The molecule has 1 spiro atoms. The predicted octanol–water partition coefficient (Wildman–Crippen LogP) is 7.06. The van der Waals surface area contributed by atoms with Crippen LogP contribution in [-0.4, -0.2) is 30.7 Å². The predicted molar refractivity (Wildman–Crippen MR) is 140 cm³/mol. The maximum absolute atomic E-state index is 6.83. The van der Waals surface area contributed by atoms with E-state index in [9.17, 15) is 0 Å². The van der Waals surface area contributed by atoms with Crippen LogP contribution in [0.2, 0.25) is 0 Å². The van der Waals surface area contributed by atoms with Crippen molar-refractivity contribution in [1.29, 1.82) is 0 Å². The third-order valence-corrected chi connectivity index (χ3v) is 8.21. The first kappa shape index (κ1) is 22.5. The Balaban J connectivity index is 1.36. The minimum Gasteiger partial charge on any atom is -0.493 e. The fraction of sp³-hybridized carbons (Fsp3) is 0.345. The standard InChI is InChI=1S/C29H29BrN2O3/c1-33-27-10-8-21(16-28(27)34-2)24-18-25-23-17-22(30)9-11-26(23)35-29(32(25)31-24)14-12-20(13-15-29)19-6-4-3-5-7-19/h3-11,16-17,20,25H,12-15,18H2,1-2H3. The van der Waals surface area contributed by atoms with Gasteiger partial charge in [-0.05, 0) is 60.7 Å². The van der Waals surface area contributed by atoms with Crippen molar-refractivity contribution in [3.05, 3.63) is 87.9 Å². The van der Waals surface area contributed by atoms with E-state index in [1.54, 1.807) is 14.2 Å². The molecular weight excluding hydrogens is 504 g/mol. The summed E-state index contributed by atoms with van der Waals surface area (Å²) in [5.74, 6) is 2.99. The van der Waals surface area contributed by atoms with Crippen LogP contribution in [0.4, 0.5) is 0 Å². The summed E-state index contributed by atoms with van der Waals surface area (Å²) in [7, 11) is 3.33. The third-order valence-electron chi connectivity index (χ3n) is 7.71. The molecule has 1 unspecified atom stereocenters. The molecule has 2 heterocycles. The van der Waals surface area contributed by atoms with Crippen LogP contribution in [0.25, 0.3) is 0 Å². The second-order valence-corrected chi connectivity index (χ2v) is 10.5.